The maximum absolute atomic E-state index is 8.78. The van der Waals surface area contributed by atoms with E-state index in [2.05, 4.69) is 30.1 Å². The third kappa shape index (κ3) is 6.52. The van der Waals surface area contributed by atoms with Crippen LogP contribution in [0.3, 0.4) is 0 Å². The van der Waals surface area contributed by atoms with Crippen LogP contribution in [0.15, 0.2) is 10.2 Å². The van der Waals surface area contributed by atoms with Crippen LogP contribution in [-0.2, 0) is 4.74 Å². The Balaban J connectivity index is 4.17. The van der Waals surface area contributed by atoms with E-state index in [1.54, 1.807) is 7.11 Å². The molecule has 0 aliphatic carbocycles. The second-order valence-electron chi connectivity index (χ2n) is 4.91. The van der Waals surface area contributed by atoms with E-state index in [1.165, 1.54) is 0 Å². The molecular formula is C12H23N3O. The van der Waals surface area contributed by atoms with E-state index < -0.39 is 0 Å². The van der Waals surface area contributed by atoms with E-state index in [1.807, 2.05) is 13.8 Å². The molecule has 0 radical (unpaired) electrons. The number of hydrogen-bond acceptors (Lipinski definition) is 4. The Morgan fingerprint density at radius 3 is 2.38 bits per heavy atom. The summed E-state index contributed by atoms with van der Waals surface area (Å²) < 4.78 is 5.41. The second-order valence-corrected chi connectivity index (χ2v) is 4.91. The van der Waals surface area contributed by atoms with E-state index >= 15 is 0 Å². The molecule has 92 valence electrons. The number of rotatable bonds is 7. The molecule has 0 aromatic heterocycles. The molecule has 0 N–H and O–H groups in total. The van der Waals surface area contributed by atoms with Crippen LogP contribution in [0.2, 0.25) is 0 Å². The SMILES string of the molecule is COC(C)(CN=NCC(C)C)CC(C)C#N. The highest BCUT2D eigenvalue weighted by Gasteiger charge is 2.26. The summed E-state index contributed by atoms with van der Waals surface area (Å²) in [7, 11) is 1.65. The van der Waals surface area contributed by atoms with Gasteiger partial charge in [0, 0.05) is 13.0 Å². The molecule has 0 aliphatic heterocycles. The van der Waals surface area contributed by atoms with Crippen molar-refractivity contribution in [3.8, 4) is 6.07 Å². The van der Waals surface area contributed by atoms with Crippen molar-refractivity contribution in [1.82, 2.24) is 0 Å². The number of methoxy groups -OCH3 is 1. The van der Waals surface area contributed by atoms with Crippen molar-refractivity contribution in [2.24, 2.45) is 22.1 Å². The molecule has 0 amide bonds. The molecule has 0 spiro atoms. The normalized spacial score (nSPS) is 17.3. The Kier molecular flexibility index (Phi) is 6.91. The molecule has 16 heavy (non-hydrogen) atoms. The van der Waals surface area contributed by atoms with Crippen LogP contribution in [0.4, 0.5) is 0 Å². The molecule has 4 nitrogen and oxygen atoms in total. The maximum Gasteiger partial charge on any atom is 0.0886 e. The first kappa shape index (κ1) is 15.0. The molecule has 0 aromatic carbocycles. The van der Waals surface area contributed by atoms with Crippen molar-refractivity contribution in [2.45, 2.75) is 39.7 Å². The fraction of sp³-hybridized carbons (Fsp3) is 0.917. The minimum Gasteiger partial charge on any atom is -0.376 e. The minimum atomic E-state index is -0.379. The lowest BCUT2D eigenvalue weighted by Crippen LogP contribution is -2.32. The molecule has 0 aliphatic rings. The van der Waals surface area contributed by atoms with Crippen LogP contribution in [-0.4, -0.2) is 25.8 Å². The Labute approximate surface area is 98.7 Å². The van der Waals surface area contributed by atoms with Gasteiger partial charge in [0.05, 0.1) is 24.8 Å². The summed E-state index contributed by atoms with van der Waals surface area (Å²) in [4.78, 5) is 0. The van der Waals surface area contributed by atoms with E-state index in [9.17, 15) is 0 Å². The smallest absolute Gasteiger partial charge is 0.0886 e. The molecule has 0 bridgehead atoms. The van der Waals surface area contributed by atoms with Crippen molar-refractivity contribution in [3.05, 3.63) is 0 Å². The van der Waals surface area contributed by atoms with Gasteiger partial charge < -0.3 is 4.74 Å². The minimum absolute atomic E-state index is 0.0229. The third-order valence-electron chi connectivity index (χ3n) is 2.40. The van der Waals surface area contributed by atoms with Gasteiger partial charge in [0.1, 0.15) is 0 Å². The molecule has 4 heteroatoms. The fourth-order valence-electron chi connectivity index (χ4n) is 1.33. The van der Waals surface area contributed by atoms with Crippen molar-refractivity contribution in [2.75, 3.05) is 20.2 Å². The van der Waals surface area contributed by atoms with Crippen LogP contribution in [0, 0.1) is 23.2 Å². The number of nitrogens with zero attached hydrogens (tertiary/aromatic N) is 3. The summed E-state index contributed by atoms with van der Waals surface area (Å²) in [6.07, 6.45) is 0.681. The molecular weight excluding hydrogens is 202 g/mol. The molecule has 0 fully saturated rings. The van der Waals surface area contributed by atoms with E-state index in [0.717, 1.165) is 6.54 Å². The van der Waals surface area contributed by atoms with Gasteiger partial charge in [-0.2, -0.15) is 15.5 Å². The molecule has 0 aromatic rings. The van der Waals surface area contributed by atoms with Crippen LogP contribution < -0.4 is 0 Å². The van der Waals surface area contributed by atoms with Gasteiger partial charge in [-0.15, -0.1) is 0 Å². The molecule has 0 rings (SSSR count). The summed E-state index contributed by atoms with van der Waals surface area (Å²) in [5.41, 5.74) is -0.379. The van der Waals surface area contributed by atoms with Crippen molar-refractivity contribution in [3.63, 3.8) is 0 Å². The maximum atomic E-state index is 8.78. The summed E-state index contributed by atoms with van der Waals surface area (Å²) in [6.45, 7) is 9.33. The largest absolute Gasteiger partial charge is 0.376 e. The second kappa shape index (κ2) is 7.34. The van der Waals surface area contributed by atoms with E-state index in [0.29, 0.717) is 18.9 Å². The van der Waals surface area contributed by atoms with Gasteiger partial charge in [0.2, 0.25) is 0 Å². The summed E-state index contributed by atoms with van der Waals surface area (Å²) in [5, 5.41) is 17.0. The lowest BCUT2D eigenvalue weighted by molar-refractivity contribution is -0.000587. The van der Waals surface area contributed by atoms with Gasteiger partial charge in [-0.25, -0.2) is 0 Å². The molecule has 2 atom stereocenters. The monoisotopic (exact) mass is 225 g/mol. The first-order valence-corrected chi connectivity index (χ1v) is 5.71. The summed E-state index contributed by atoms with van der Waals surface area (Å²) >= 11 is 0. The van der Waals surface area contributed by atoms with Gasteiger partial charge in [0.15, 0.2) is 0 Å². The van der Waals surface area contributed by atoms with Gasteiger partial charge in [-0.1, -0.05) is 13.8 Å². The average Bonchev–Trinajstić information content (AvgIpc) is 2.24. The van der Waals surface area contributed by atoms with E-state index in [-0.39, 0.29) is 11.5 Å². The van der Waals surface area contributed by atoms with E-state index in [4.69, 9.17) is 10.00 Å². The Hall–Kier alpha value is -0.950. The van der Waals surface area contributed by atoms with Crippen molar-refractivity contribution < 1.29 is 4.74 Å². The van der Waals surface area contributed by atoms with Gasteiger partial charge in [-0.05, 0) is 26.2 Å². The Morgan fingerprint density at radius 1 is 1.31 bits per heavy atom. The average molecular weight is 225 g/mol. The quantitative estimate of drug-likeness (QED) is 0.625. The van der Waals surface area contributed by atoms with Crippen molar-refractivity contribution in [1.29, 1.82) is 5.26 Å². The number of nitriles is 1. The Morgan fingerprint density at radius 2 is 1.94 bits per heavy atom. The van der Waals surface area contributed by atoms with Gasteiger partial charge in [0.25, 0.3) is 0 Å². The van der Waals surface area contributed by atoms with Crippen LogP contribution in [0.25, 0.3) is 0 Å². The third-order valence-corrected chi connectivity index (χ3v) is 2.40. The molecule has 2 unspecified atom stereocenters. The zero-order valence-electron chi connectivity index (χ0n) is 11.0. The standard InChI is InChI=1S/C12H23N3O/c1-10(2)8-14-15-9-12(4,16-5)6-11(3)7-13/h10-11H,6,8-9H2,1-5H3. The number of azo groups is 1. The first-order chi connectivity index (χ1) is 7.43. The lowest BCUT2D eigenvalue weighted by Gasteiger charge is -2.26. The summed E-state index contributed by atoms with van der Waals surface area (Å²) in [5.74, 6) is 0.501. The van der Waals surface area contributed by atoms with Crippen molar-refractivity contribution >= 4 is 0 Å². The highest BCUT2D eigenvalue weighted by atomic mass is 16.5. The Bertz CT molecular complexity index is 257. The molecule has 0 saturated heterocycles. The van der Waals surface area contributed by atoms with Crippen LogP contribution in [0.5, 0.6) is 0 Å². The number of hydrogen-bond donors (Lipinski definition) is 0. The van der Waals surface area contributed by atoms with Gasteiger partial charge >= 0.3 is 0 Å². The predicted octanol–water partition coefficient (Wildman–Crippen LogP) is 3.05. The molecule has 0 saturated carbocycles. The topological polar surface area (TPSA) is 57.7 Å². The fourth-order valence-corrected chi connectivity index (χ4v) is 1.33. The number of ether oxygens (including phenoxy) is 1. The first-order valence-electron chi connectivity index (χ1n) is 5.71. The van der Waals surface area contributed by atoms with Crippen LogP contribution >= 0.6 is 0 Å². The highest BCUT2D eigenvalue weighted by molar-refractivity contribution is 4.88. The van der Waals surface area contributed by atoms with Gasteiger partial charge in [-0.3, -0.25) is 0 Å². The summed E-state index contributed by atoms with van der Waals surface area (Å²) in [6, 6.07) is 2.21. The van der Waals surface area contributed by atoms with Crippen LogP contribution in [0.1, 0.15) is 34.1 Å². The molecule has 0 heterocycles. The lowest BCUT2D eigenvalue weighted by atomic mass is 9.94. The highest BCUT2D eigenvalue weighted by Crippen LogP contribution is 2.20. The zero-order valence-corrected chi connectivity index (χ0v) is 11.0. The predicted molar refractivity (Wildman–Crippen MR) is 64.2 cm³/mol. The zero-order chi connectivity index (χ0) is 12.6.